The number of hydrogen-bond acceptors (Lipinski definition) is 3. The summed E-state index contributed by atoms with van der Waals surface area (Å²) in [5, 5.41) is 0.167. The smallest absolute Gasteiger partial charge is 0.199 e. The summed E-state index contributed by atoms with van der Waals surface area (Å²) in [6, 6.07) is 0. The SMILES string of the molecule is CC1=C(N)CC(=O)S1. The summed E-state index contributed by atoms with van der Waals surface area (Å²) in [6.45, 7) is 1.87. The molecular formula is C5H7NOS. The molecule has 0 bridgehead atoms. The van der Waals surface area contributed by atoms with Crippen LogP contribution in [-0.2, 0) is 4.79 Å². The Morgan fingerprint density at radius 3 is 2.50 bits per heavy atom. The lowest BCUT2D eigenvalue weighted by Gasteiger charge is -1.85. The second kappa shape index (κ2) is 1.82. The molecule has 0 radical (unpaired) electrons. The molecule has 1 heterocycles. The van der Waals surface area contributed by atoms with Crippen LogP contribution in [0, 0.1) is 0 Å². The molecule has 3 heteroatoms. The number of carbonyl (C=O) groups excluding carboxylic acids is 1. The topological polar surface area (TPSA) is 43.1 Å². The highest BCUT2D eigenvalue weighted by Crippen LogP contribution is 2.28. The zero-order valence-corrected chi connectivity index (χ0v) is 5.42. The minimum Gasteiger partial charge on any atom is -0.401 e. The highest BCUT2D eigenvalue weighted by atomic mass is 32.2. The van der Waals surface area contributed by atoms with Crippen molar-refractivity contribution in [1.82, 2.24) is 0 Å². The summed E-state index contributed by atoms with van der Waals surface area (Å²) in [5.41, 5.74) is 6.14. The third-order valence-electron chi connectivity index (χ3n) is 1.05. The molecule has 0 saturated heterocycles. The van der Waals surface area contributed by atoms with Crippen LogP contribution in [-0.4, -0.2) is 5.12 Å². The lowest BCUT2D eigenvalue weighted by molar-refractivity contribution is -0.110. The van der Waals surface area contributed by atoms with Crippen molar-refractivity contribution in [2.24, 2.45) is 5.73 Å². The van der Waals surface area contributed by atoms with Gasteiger partial charge >= 0.3 is 0 Å². The number of hydrogen-bond donors (Lipinski definition) is 1. The van der Waals surface area contributed by atoms with Crippen LogP contribution in [0.1, 0.15) is 13.3 Å². The fourth-order valence-corrected chi connectivity index (χ4v) is 1.32. The molecule has 2 N–H and O–H groups in total. The minimum atomic E-state index is 0.167. The van der Waals surface area contributed by atoms with E-state index in [-0.39, 0.29) is 5.12 Å². The normalized spacial score (nSPS) is 20.4. The van der Waals surface area contributed by atoms with E-state index in [0.29, 0.717) is 6.42 Å². The monoisotopic (exact) mass is 129 g/mol. The van der Waals surface area contributed by atoms with Gasteiger partial charge in [-0.05, 0) is 6.92 Å². The Morgan fingerprint density at radius 1 is 1.75 bits per heavy atom. The number of rotatable bonds is 0. The van der Waals surface area contributed by atoms with E-state index in [2.05, 4.69) is 0 Å². The Morgan fingerprint density at radius 2 is 2.38 bits per heavy atom. The van der Waals surface area contributed by atoms with Crippen molar-refractivity contribution in [2.75, 3.05) is 0 Å². The maximum atomic E-state index is 10.5. The van der Waals surface area contributed by atoms with E-state index in [9.17, 15) is 4.79 Å². The fourth-order valence-electron chi connectivity index (χ4n) is 0.552. The van der Waals surface area contributed by atoms with Gasteiger partial charge in [0.1, 0.15) is 0 Å². The van der Waals surface area contributed by atoms with Crippen molar-refractivity contribution in [3.8, 4) is 0 Å². The largest absolute Gasteiger partial charge is 0.401 e. The second-order valence-corrected chi connectivity index (χ2v) is 3.00. The predicted octanol–water partition coefficient (Wildman–Crippen LogP) is 0.840. The zero-order valence-electron chi connectivity index (χ0n) is 4.60. The molecule has 2 nitrogen and oxygen atoms in total. The first kappa shape index (κ1) is 5.69. The average molecular weight is 129 g/mol. The van der Waals surface area contributed by atoms with E-state index in [1.807, 2.05) is 6.92 Å². The van der Waals surface area contributed by atoms with E-state index >= 15 is 0 Å². The molecule has 0 unspecified atom stereocenters. The van der Waals surface area contributed by atoms with Gasteiger partial charge in [0.15, 0.2) is 5.12 Å². The first-order valence-electron chi connectivity index (χ1n) is 2.36. The van der Waals surface area contributed by atoms with E-state index in [0.717, 1.165) is 10.6 Å². The van der Waals surface area contributed by atoms with Gasteiger partial charge in [-0.25, -0.2) is 0 Å². The molecular weight excluding hydrogens is 122 g/mol. The van der Waals surface area contributed by atoms with E-state index in [1.54, 1.807) is 0 Å². The van der Waals surface area contributed by atoms with Crippen LogP contribution in [0.3, 0.4) is 0 Å². The van der Waals surface area contributed by atoms with Gasteiger partial charge in [0, 0.05) is 10.6 Å². The molecule has 0 atom stereocenters. The summed E-state index contributed by atoms with van der Waals surface area (Å²) < 4.78 is 0. The highest BCUT2D eigenvalue weighted by molar-refractivity contribution is 8.17. The standard InChI is InChI=1S/C5H7NOS/c1-3-4(6)2-5(7)8-3/h2,6H2,1H3. The van der Waals surface area contributed by atoms with Crippen LogP contribution in [0.25, 0.3) is 0 Å². The Bertz CT molecular complexity index is 146. The molecule has 0 amide bonds. The van der Waals surface area contributed by atoms with Crippen LogP contribution >= 0.6 is 11.8 Å². The lowest BCUT2D eigenvalue weighted by Crippen LogP contribution is -1.95. The van der Waals surface area contributed by atoms with Gasteiger partial charge in [-0.3, -0.25) is 4.79 Å². The van der Waals surface area contributed by atoms with Gasteiger partial charge in [0.2, 0.25) is 0 Å². The first-order valence-corrected chi connectivity index (χ1v) is 3.17. The van der Waals surface area contributed by atoms with E-state index in [4.69, 9.17) is 5.73 Å². The molecule has 44 valence electrons. The van der Waals surface area contributed by atoms with Crippen molar-refractivity contribution < 1.29 is 4.79 Å². The predicted molar refractivity (Wildman–Crippen MR) is 34.1 cm³/mol. The number of carbonyl (C=O) groups is 1. The van der Waals surface area contributed by atoms with Gasteiger partial charge in [0.25, 0.3) is 0 Å². The molecule has 0 saturated carbocycles. The molecule has 0 fully saturated rings. The van der Waals surface area contributed by atoms with Crippen LogP contribution in [0.2, 0.25) is 0 Å². The molecule has 0 spiro atoms. The van der Waals surface area contributed by atoms with Crippen LogP contribution < -0.4 is 5.73 Å². The summed E-state index contributed by atoms with van der Waals surface area (Å²) in [5.74, 6) is 0. The molecule has 1 aliphatic heterocycles. The molecule has 1 aliphatic rings. The molecule has 8 heavy (non-hydrogen) atoms. The highest BCUT2D eigenvalue weighted by Gasteiger charge is 2.15. The molecule has 0 aromatic heterocycles. The van der Waals surface area contributed by atoms with Crippen molar-refractivity contribution in [2.45, 2.75) is 13.3 Å². The van der Waals surface area contributed by atoms with E-state index < -0.39 is 0 Å². The Balaban J connectivity index is 2.73. The molecule has 0 aliphatic carbocycles. The van der Waals surface area contributed by atoms with Crippen molar-refractivity contribution in [1.29, 1.82) is 0 Å². The van der Waals surface area contributed by atoms with Crippen molar-refractivity contribution in [3.05, 3.63) is 10.6 Å². The second-order valence-electron chi connectivity index (χ2n) is 1.73. The van der Waals surface area contributed by atoms with Crippen molar-refractivity contribution >= 4 is 16.9 Å². The van der Waals surface area contributed by atoms with Crippen molar-refractivity contribution in [3.63, 3.8) is 0 Å². The molecule has 1 rings (SSSR count). The third-order valence-corrected chi connectivity index (χ3v) is 1.99. The van der Waals surface area contributed by atoms with Gasteiger partial charge in [-0.15, -0.1) is 0 Å². The summed E-state index contributed by atoms with van der Waals surface area (Å²) in [7, 11) is 0. The Labute approximate surface area is 52.1 Å². The summed E-state index contributed by atoms with van der Waals surface area (Å²) in [4.78, 5) is 11.5. The fraction of sp³-hybridized carbons (Fsp3) is 0.400. The van der Waals surface area contributed by atoms with Gasteiger partial charge < -0.3 is 5.73 Å². The van der Waals surface area contributed by atoms with Crippen LogP contribution in [0.5, 0.6) is 0 Å². The number of nitrogens with two attached hydrogens (primary N) is 1. The van der Waals surface area contributed by atoms with Crippen LogP contribution in [0.4, 0.5) is 0 Å². The first-order chi connectivity index (χ1) is 3.70. The van der Waals surface area contributed by atoms with Crippen LogP contribution in [0.15, 0.2) is 10.6 Å². The number of allylic oxidation sites excluding steroid dienone is 2. The minimum absolute atomic E-state index is 0.167. The number of thioether (sulfide) groups is 1. The molecule has 0 aromatic carbocycles. The lowest BCUT2D eigenvalue weighted by atomic mass is 10.3. The molecule has 0 aromatic rings. The van der Waals surface area contributed by atoms with E-state index in [1.165, 1.54) is 11.8 Å². The summed E-state index contributed by atoms with van der Waals surface area (Å²) >= 11 is 1.24. The Kier molecular flexibility index (Phi) is 1.29. The summed E-state index contributed by atoms with van der Waals surface area (Å²) in [6.07, 6.45) is 0.441. The van der Waals surface area contributed by atoms with Gasteiger partial charge in [-0.2, -0.15) is 0 Å². The third kappa shape index (κ3) is 0.865. The maximum Gasteiger partial charge on any atom is 0.199 e. The Hall–Kier alpha value is -0.440. The zero-order chi connectivity index (χ0) is 6.15. The van der Waals surface area contributed by atoms with Gasteiger partial charge in [0.05, 0.1) is 6.42 Å². The quantitative estimate of drug-likeness (QED) is 0.527. The maximum absolute atomic E-state index is 10.5. The van der Waals surface area contributed by atoms with Gasteiger partial charge in [-0.1, -0.05) is 11.8 Å². The average Bonchev–Trinajstić information content (AvgIpc) is 1.85.